The van der Waals surface area contributed by atoms with Crippen LogP contribution in [0.5, 0.6) is 0 Å². The first-order valence-corrected chi connectivity index (χ1v) is 21.3. The Bertz CT molecular complexity index is 171. The summed E-state index contributed by atoms with van der Waals surface area (Å²) in [5.74, 6) is 0. The van der Waals surface area contributed by atoms with Crippen molar-refractivity contribution in [2.24, 2.45) is 0 Å². The molecule has 0 aliphatic carbocycles. The molecule has 0 rings (SSSR count). The minimum Gasteiger partial charge on any atom is -0.0744 e. The maximum atomic E-state index is 2.66. The van der Waals surface area contributed by atoms with Crippen LogP contribution in [0.3, 0.4) is 0 Å². The van der Waals surface area contributed by atoms with Crippen LogP contribution in [-0.2, 0) is 0 Å². The Morgan fingerprint density at radius 2 is 1.07 bits per heavy atom. The second kappa shape index (κ2) is 4.39. The van der Waals surface area contributed by atoms with Crippen LogP contribution in [0.1, 0.15) is 6.92 Å². The van der Waals surface area contributed by atoms with Gasteiger partial charge in [0.25, 0.3) is 0 Å². The summed E-state index contributed by atoms with van der Waals surface area (Å²) < 4.78 is 0. The summed E-state index contributed by atoms with van der Waals surface area (Å²) in [5, 5.41) is 0. The molecular weight excluding hydrogens is 232 g/mol. The summed E-state index contributed by atoms with van der Waals surface area (Å²) in [5.41, 5.74) is 0. The highest BCUT2D eigenvalue weighted by molar-refractivity contribution is 7.86. The summed E-state index contributed by atoms with van der Waals surface area (Å²) >= 11 is 0. The number of rotatable bonds is 4. The van der Waals surface area contributed by atoms with E-state index in [4.69, 9.17) is 0 Å². The first-order chi connectivity index (χ1) is 6.00. The van der Waals surface area contributed by atoms with Gasteiger partial charge < -0.3 is 0 Å². The molecule has 0 fully saturated rings. The van der Waals surface area contributed by atoms with Gasteiger partial charge in [-0.05, 0) is 0 Å². The molecule has 14 heavy (non-hydrogen) atoms. The normalized spacial score (nSPS) is 15.0. The van der Waals surface area contributed by atoms with Crippen molar-refractivity contribution in [3.63, 3.8) is 0 Å². The van der Waals surface area contributed by atoms with E-state index >= 15 is 0 Å². The lowest BCUT2D eigenvalue weighted by atomic mass is 11.0. The van der Waals surface area contributed by atoms with Crippen LogP contribution in [-0.4, -0.2) is 30.1 Å². The van der Waals surface area contributed by atoms with Crippen molar-refractivity contribution in [3.05, 3.63) is 0 Å². The molecule has 86 valence electrons. The van der Waals surface area contributed by atoms with E-state index in [1.807, 2.05) is 0 Å². The smallest absolute Gasteiger partial charge is 0.0336 e. The Labute approximate surface area is 95.5 Å². The Morgan fingerprint density at radius 3 is 1.07 bits per heavy atom. The van der Waals surface area contributed by atoms with E-state index in [0.29, 0.717) is 0 Å². The largest absolute Gasteiger partial charge is 0.0744 e. The average molecular weight is 263 g/mol. The molecule has 0 bridgehead atoms. The third-order valence-electron chi connectivity index (χ3n) is 4.22. The van der Waals surface area contributed by atoms with Crippen LogP contribution in [0.25, 0.3) is 0 Å². The quantitative estimate of drug-likeness (QED) is 0.675. The molecule has 0 N–H and O–H groups in total. The van der Waals surface area contributed by atoms with Crippen LogP contribution >= 0.6 is 0 Å². The highest BCUT2D eigenvalue weighted by atomic mass is 29.9. The van der Waals surface area contributed by atoms with Crippen molar-refractivity contribution < 1.29 is 0 Å². The zero-order valence-corrected chi connectivity index (χ0v) is 15.9. The minimum absolute atomic E-state index is 0.409. The van der Waals surface area contributed by atoms with Crippen LogP contribution < -0.4 is 0 Å². The Hall–Kier alpha value is 0.868. The van der Waals surface area contributed by atoms with Crippen LogP contribution in [0, 0.1) is 0 Å². The van der Waals surface area contributed by atoms with Crippen molar-refractivity contribution in [3.8, 4) is 0 Å². The fourth-order valence-electron chi connectivity index (χ4n) is 4.33. The summed E-state index contributed by atoms with van der Waals surface area (Å²) in [6, 6.07) is 1.59. The molecule has 0 aromatic carbocycles. The van der Waals surface area contributed by atoms with Crippen molar-refractivity contribution in [2.45, 2.75) is 65.3 Å². The minimum atomic E-state index is -0.873. The highest BCUT2D eigenvalue weighted by Crippen LogP contribution is 2.34. The van der Waals surface area contributed by atoms with Crippen molar-refractivity contribution in [1.82, 2.24) is 0 Å². The summed E-state index contributed by atoms with van der Waals surface area (Å²) in [7, 11) is -2.16. The molecule has 0 amide bonds. The standard InChI is InChI=1S/C10H30Si4/c1-10-14(11(2)3,12(4,5)6)13(7,8)9/h11H,10H2,1-9H3. The molecule has 0 atom stereocenters. The maximum absolute atomic E-state index is 2.66. The zero-order chi connectivity index (χ0) is 11.8. The Morgan fingerprint density at radius 1 is 0.786 bits per heavy atom. The fraction of sp³-hybridized carbons (Fsp3) is 1.00. The van der Waals surface area contributed by atoms with Gasteiger partial charge >= 0.3 is 0 Å². The van der Waals surface area contributed by atoms with E-state index in [1.54, 1.807) is 6.04 Å². The van der Waals surface area contributed by atoms with E-state index in [2.05, 4.69) is 59.3 Å². The van der Waals surface area contributed by atoms with E-state index in [9.17, 15) is 0 Å². The van der Waals surface area contributed by atoms with E-state index in [1.165, 1.54) is 0 Å². The topological polar surface area (TPSA) is 0 Å². The monoisotopic (exact) mass is 262 g/mol. The van der Waals surface area contributed by atoms with Gasteiger partial charge in [0.2, 0.25) is 0 Å². The van der Waals surface area contributed by atoms with Gasteiger partial charge in [0.05, 0.1) is 0 Å². The first kappa shape index (κ1) is 14.9. The van der Waals surface area contributed by atoms with Gasteiger partial charge in [-0.15, -0.1) is 0 Å². The second-order valence-corrected chi connectivity index (χ2v) is 46.7. The van der Waals surface area contributed by atoms with Crippen LogP contribution in [0.4, 0.5) is 0 Å². The van der Waals surface area contributed by atoms with Gasteiger partial charge in [-0.1, -0.05) is 65.3 Å². The summed E-state index contributed by atoms with van der Waals surface area (Å²) in [4.78, 5) is 0. The molecule has 0 saturated heterocycles. The SMILES string of the molecule is CC[Si]([SiH](C)C)([Si](C)(C)C)[Si](C)(C)C. The van der Waals surface area contributed by atoms with Gasteiger partial charge in [-0.3, -0.25) is 0 Å². The molecule has 0 aliphatic rings. The molecule has 0 spiro atoms. The van der Waals surface area contributed by atoms with Gasteiger partial charge in [0.15, 0.2) is 0 Å². The lowest BCUT2D eigenvalue weighted by Gasteiger charge is -2.52. The molecule has 0 aliphatic heterocycles. The van der Waals surface area contributed by atoms with Gasteiger partial charge in [0, 0.05) is 30.1 Å². The molecular formula is C10H30Si4. The summed E-state index contributed by atoms with van der Waals surface area (Å²) in [6.45, 7) is 22.9. The molecule has 0 saturated carbocycles. The third-order valence-corrected chi connectivity index (χ3v) is 77.5. The molecule has 0 nitrogen and oxygen atoms in total. The molecule has 0 radical (unpaired) electrons. The third kappa shape index (κ3) is 2.33. The van der Waals surface area contributed by atoms with Crippen LogP contribution in [0.15, 0.2) is 0 Å². The second-order valence-electron chi connectivity index (χ2n) is 6.98. The van der Waals surface area contributed by atoms with E-state index in [0.717, 1.165) is 0 Å². The Kier molecular flexibility index (Phi) is 4.66. The molecule has 4 heteroatoms. The highest BCUT2D eigenvalue weighted by Gasteiger charge is 2.54. The van der Waals surface area contributed by atoms with Crippen molar-refractivity contribution >= 4 is 30.1 Å². The number of hydrogen-bond donors (Lipinski definition) is 0. The van der Waals surface area contributed by atoms with Gasteiger partial charge in [-0.25, -0.2) is 0 Å². The first-order valence-electron chi connectivity index (χ1n) is 6.00. The van der Waals surface area contributed by atoms with Crippen molar-refractivity contribution in [1.29, 1.82) is 0 Å². The van der Waals surface area contributed by atoms with E-state index in [-0.39, 0.29) is 0 Å². The molecule has 0 unspecified atom stereocenters. The van der Waals surface area contributed by atoms with Gasteiger partial charge in [0.1, 0.15) is 0 Å². The van der Waals surface area contributed by atoms with Gasteiger partial charge in [-0.2, -0.15) is 0 Å². The predicted molar refractivity (Wildman–Crippen MR) is 81.8 cm³/mol. The lowest BCUT2D eigenvalue weighted by molar-refractivity contribution is 1.43. The van der Waals surface area contributed by atoms with Crippen molar-refractivity contribution in [2.75, 3.05) is 0 Å². The summed E-state index contributed by atoms with van der Waals surface area (Å²) in [6.07, 6.45) is 0. The van der Waals surface area contributed by atoms with E-state index < -0.39 is 30.1 Å². The number of hydrogen-bond acceptors (Lipinski definition) is 0. The Balaban J connectivity index is 5.45. The lowest BCUT2D eigenvalue weighted by Crippen LogP contribution is -2.77. The average Bonchev–Trinajstić information content (AvgIpc) is 1.80. The maximum Gasteiger partial charge on any atom is 0.0336 e. The predicted octanol–water partition coefficient (Wildman–Crippen LogP) is 3.85. The van der Waals surface area contributed by atoms with Crippen LogP contribution in [0.2, 0.25) is 58.4 Å². The molecule has 0 aromatic heterocycles. The molecule has 0 aromatic rings. The zero-order valence-electron chi connectivity index (χ0n) is 11.8. The fourth-order valence-corrected chi connectivity index (χ4v) is 90.4. The molecule has 0 heterocycles.